The number of carbonyl (C=O) groups excluding carboxylic acids is 1. The second-order valence-corrected chi connectivity index (χ2v) is 3.17. The van der Waals surface area contributed by atoms with Gasteiger partial charge >= 0.3 is 0 Å². The second-order valence-electron chi connectivity index (χ2n) is 2.61. The lowest BCUT2D eigenvalue weighted by Gasteiger charge is -2.00. The van der Waals surface area contributed by atoms with E-state index < -0.39 is 0 Å². The topological polar surface area (TPSA) is 54.9 Å². The van der Waals surface area contributed by atoms with Crippen molar-refractivity contribution in [2.45, 2.75) is 0 Å². The van der Waals surface area contributed by atoms with Crippen LogP contribution in [0.25, 0.3) is 0 Å². The Morgan fingerprint density at radius 3 is 2.71 bits per heavy atom. The van der Waals surface area contributed by atoms with Crippen molar-refractivity contribution in [2.24, 2.45) is 0 Å². The van der Waals surface area contributed by atoms with Gasteiger partial charge in [-0.05, 0) is 12.1 Å². The molecule has 1 N–H and O–H groups in total. The number of para-hydroxylation sites is 1. The smallest absolute Gasteiger partial charge is 0.277 e. The molecule has 0 bridgehead atoms. The number of nitrogens with zero attached hydrogens (tertiary/aromatic N) is 2. The average Bonchev–Trinajstić information content (AvgIpc) is 2.72. The number of hydrogen-bond acceptors (Lipinski definition) is 4. The lowest BCUT2D eigenvalue weighted by molar-refractivity contribution is 0.102. The minimum atomic E-state index is -0.232. The van der Waals surface area contributed by atoms with Crippen LogP contribution in [0.5, 0.6) is 0 Å². The third kappa shape index (κ3) is 1.94. The van der Waals surface area contributed by atoms with E-state index in [1.165, 1.54) is 6.20 Å². The van der Waals surface area contributed by atoms with E-state index in [-0.39, 0.29) is 5.91 Å². The molecule has 0 aliphatic rings. The number of aromatic nitrogens is 2. The minimum absolute atomic E-state index is 0.232. The maximum Gasteiger partial charge on any atom is 0.277 e. The van der Waals surface area contributed by atoms with Gasteiger partial charge in [0.2, 0.25) is 0 Å². The number of amides is 1. The van der Waals surface area contributed by atoms with E-state index in [1.54, 1.807) is 0 Å². The Kier molecular flexibility index (Phi) is 2.51. The normalized spacial score (nSPS) is 9.71. The first kappa shape index (κ1) is 8.83. The molecule has 2 rings (SSSR count). The van der Waals surface area contributed by atoms with Crippen LogP contribution in [0.15, 0.2) is 36.5 Å². The molecule has 14 heavy (non-hydrogen) atoms. The third-order valence-electron chi connectivity index (χ3n) is 1.63. The predicted molar refractivity (Wildman–Crippen MR) is 54.3 cm³/mol. The van der Waals surface area contributed by atoms with Crippen molar-refractivity contribution in [3.05, 3.63) is 42.2 Å². The molecular weight excluding hydrogens is 198 g/mol. The Morgan fingerprint density at radius 1 is 1.29 bits per heavy atom. The molecule has 0 spiro atoms. The summed E-state index contributed by atoms with van der Waals surface area (Å²) in [6, 6.07) is 9.24. The molecule has 70 valence electrons. The monoisotopic (exact) mass is 205 g/mol. The number of benzene rings is 1. The van der Waals surface area contributed by atoms with Gasteiger partial charge in [-0.1, -0.05) is 18.2 Å². The summed E-state index contributed by atoms with van der Waals surface area (Å²) in [6.45, 7) is 0. The maximum absolute atomic E-state index is 11.5. The summed E-state index contributed by atoms with van der Waals surface area (Å²) < 4.78 is 7.59. The number of anilines is 1. The summed E-state index contributed by atoms with van der Waals surface area (Å²) in [6.07, 6.45) is 1.45. The zero-order valence-electron chi connectivity index (χ0n) is 7.18. The molecule has 0 unspecified atom stereocenters. The van der Waals surface area contributed by atoms with Crippen LogP contribution in [0.4, 0.5) is 5.69 Å². The predicted octanol–water partition coefficient (Wildman–Crippen LogP) is 1.79. The Balaban J connectivity index is 2.10. The van der Waals surface area contributed by atoms with Crippen molar-refractivity contribution in [2.75, 3.05) is 5.32 Å². The summed E-state index contributed by atoms with van der Waals surface area (Å²) in [7, 11) is 0. The van der Waals surface area contributed by atoms with Crippen LogP contribution in [-0.2, 0) is 0 Å². The van der Waals surface area contributed by atoms with E-state index >= 15 is 0 Å². The molecule has 1 aromatic heterocycles. The Morgan fingerprint density at radius 2 is 2.07 bits per heavy atom. The second kappa shape index (κ2) is 3.97. The molecule has 0 aliphatic carbocycles. The highest BCUT2D eigenvalue weighted by molar-refractivity contribution is 6.99. The van der Waals surface area contributed by atoms with Crippen LogP contribution in [0.1, 0.15) is 10.5 Å². The fourth-order valence-electron chi connectivity index (χ4n) is 0.981. The van der Waals surface area contributed by atoms with Crippen LogP contribution in [0.2, 0.25) is 0 Å². The summed E-state index contributed by atoms with van der Waals surface area (Å²) in [5, 5.41) is 2.71. The van der Waals surface area contributed by atoms with E-state index in [9.17, 15) is 4.79 Å². The fraction of sp³-hybridized carbons (Fsp3) is 0. The zero-order chi connectivity index (χ0) is 9.80. The summed E-state index contributed by atoms with van der Waals surface area (Å²) in [5.74, 6) is -0.232. The van der Waals surface area contributed by atoms with E-state index in [2.05, 4.69) is 14.1 Å². The van der Waals surface area contributed by atoms with Crippen LogP contribution in [0.3, 0.4) is 0 Å². The molecular formula is C9H7N3OS. The number of rotatable bonds is 2. The Bertz CT molecular complexity index is 413. The van der Waals surface area contributed by atoms with Crippen molar-refractivity contribution in [1.82, 2.24) is 8.75 Å². The van der Waals surface area contributed by atoms with E-state index in [4.69, 9.17) is 0 Å². The highest BCUT2D eigenvalue weighted by Gasteiger charge is 2.07. The fourth-order valence-corrected chi connectivity index (χ4v) is 1.39. The van der Waals surface area contributed by atoms with Gasteiger partial charge in [0.1, 0.15) is 0 Å². The molecule has 0 saturated carbocycles. The first-order valence-electron chi connectivity index (χ1n) is 4.00. The van der Waals surface area contributed by atoms with Crippen molar-refractivity contribution < 1.29 is 4.79 Å². The van der Waals surface area contributed by atoms with Gasteiger partial charge < -0.3 is 5.32 Å². The van der Waals surface area contributed by atoms with E-state index in [0.717, 1.165) is 17.4 Å². The van der Waals surface area contributed by atoms with Gasteiger partial charge in [0.25, 0.3) is 5.91 Å². The van der Waals surface area contributed by atoms with Gasteiger partial charge in [0.05, 0.1) is 17.9 Å². The SMILES string of the molecule is O=C(Nc1ccccc1)c1cnsn1. The van der Waals surface area contributed by atoms with Crippen molar-refractivity contribution in [3.8, 4) is 0 Å². The Hall–Kier alpha value is -1.75. The molecule has 1 aromatic carbocycles. The highest BCUT2D eigenvalue weighted by atomic mass is 32.1. The van der Waals surface area contributed by atoms with Gasteiger partial charge in [-0.25, -0.2) is 0 Å². The van der Waals surface area contributed by atoms with Crippen molar-refractivity contribution >= 4 is 23.3 Å². The van der Waals surface area contributed by atoms with Gasteiger partial charge in [0.15, 0.2) is 5.69 Å². The van der Waals surface area contributed by atoms with Gasteiger partial charge in [-0.15, -0.1) is 0 Å². The van der Waals surface area contributed by atoms with Gasteiger partial charge in [0, 0.05) is 5.69 Å². The minimum Gasteiger partial charge on any atom is -0.321 e. The van der Waals surface area contributed by atoms with Gasteiger partial charge in [-0.2, -0.15) is 8.75 Å². The van der Waals surface area contributed by atoms with E-state index in [0.29, 0.717) is 5.69 Å². The molecule has 0 aliphatic heterocycles. The standard InChI is InChI=1S/C9H7N3OS/c13-9(8-6-10-14-12-8)11-7-4-2-1-3-5-7/h1-6H,(H,11,13). The molecule has 1 heterocycles. The number of nitrogens with one attached hydrogen (secondary N) is 1. The molecule has 0 atom stereocenters. The maximum atomic E-state index is 11.5. The lowest BCUT2D eigenvalue weighted by Crippen LogP contribution is -2.11. The van der Waals surface area contributed by atoms with E-state index in [1.807, 2.05) is 30.3 Å². The summed E-state index contributed by atoms with van der Waals surface area (Å²) in [5.41, 5.74) is 1.10. The van der Waals surface area contributed by atoms with Crippen molar-refractivity contribution in [1.29, 1.82) is 0 Å². The van der Waals surface area contributed by atoms with Crippen molar-refractivity contribution in [3.63, 3.8) is 0 Å². The number of hydrogen-bond donors (Lipinski definition) is 1. The summed E-state index contributed by atoms with van der Waals surface area (Å²) >= 11 is 1.02. The molecule has 0 fully saturated rings. The third-order valence-corrected chi connectivity index (χ3v) is 2.10. The molecule has 2 aromatic rings. The average molecular weight is 205 g/mol. The first-order chi connectivity index (χ1) is 6.86. The quantitative estimate of drug-likeness (QED) is 0.813. The summed E-state index contributed by atoms with van der Waals surface area (Å²) in [4.78, 5) is 11.5. The van der Waals surface area contributed by atoms with Crippen LogP contribution < -0.4 is 5.32 Å². The molecule has 5 heteroatoms. The highest BCUT2D eigenvalue weighted by Crippen LogP contribution is 2.07. The Labute approximate surface area is 84.9 Å². The molecule has 1 amide bonds. The number of carbonyl (C=O) groups is 1. The lowest BCUT2D eigenvalue weighted by atomic mass is 10.3. The molecule has 0 saturated heterocycles. The zero-order valence-corrected chi connectivity index (χ0v) is 7.99. The largest absolute Gasteiger partial charge is 0.321 e. The molecule has 0 radical (unpaired) electrons. The van der Waals surface area contributed by atoms with Crippen LogP contribution in [-0.4, -0.2) is 14.7 Å². The van der Waals surface area contributed by atoms with Gasteiger partial charge in [-0.3, -0.25) is 4.79 Å². The molecule has 4 nitrogen and oxygen atoms in total. The first-order valence-corrected chi connectivity index (χ1v) is 4.73. The van der Waals surface area contributed by atoms with Crippen LogP contribution >= 0.6 is 11.7 Å². The van der Waals surface area contributed by atoms with Crippen LogP contribution in [0, 0.1) is 0 Å².